The van der Waals surface area contributed by atoms with E-state index < -0.39 is 0 Å². The predicted octanol–water partition coefficient (Wildman–Crippen LogP) is 4.90. The van der Waals surface area contributed by atoms with Crippen molar-refractivity contribution in [1.29, 1.82) is 0 Å². The number of thioether (sulfide) groups is 1. The summed E-state index contributed by atoms with van der Waals surface area (Å²) in [6.07, 6.45) is 1.81. The Morgan fingerprint density at radius 1 is 0.952 bits per heavy atom. The molecule has 0 unspecified atom stereocenters. The summed E-state index contributed by atoms with van der Waals surface area (Å²) in [6.45, 7) is 0. The van der Waals surface area contributed by atoms with E-state index in [0.717, 1.165) is 38.7 Å². The molecular weight excluding hydrogens is 300 g/mol. The molecule has 0 fully saturated rings. The molecule has 1 aromatic heterocycles. The Labute approximate surface area is 133 Å². The van der Waals surface area contributed by atoms with Crippen LogP contribution in [0.4, 0.5) is 5.69 Å². The SMILES string of the molecule is Nc1ccc(CSCc2ccccc2Cl)c2ncccc12. The van der Waals surface area contributed by atoms with Crippen molar-refractivity contribution < 1.29 is 0 Å². The van der Waals surface area contributed by atoms with Crippen molar-refractivity contribution in [2.45, 2.75) is 11.5 Å². The molecule has 4 heteroatoms. The molecule has 0 atom stereocenters. The molecule has 0 amide bonds. The van der Waals surface area contributed by atoms with E-state index in [-0.39, 0.29) is 0 Å². The normalized spacial score (nSPS) is 10.9. The quantitative estimate of drug-likeness (QED) is 0.696. The molecule has 2 N–H and O–H groups in total. The number of fused-ring (bicyclic) bond motifs is 1. The molecule has 0 aliphatic rings. The number of pyridine rings is 1. The van der Waals surface area contributed by atoms with Crippen LogP contribution in [0.3, 0.4) is 0 Å². The molecule has 21 heavy (non-hydrogen) atoms. The summed E-state index contributed by atoms with van der Waals surface area (Å²) in [5.74, 6) is 1.78. The lowest BCUT2D eigenvalue weighted by Gasteiger charge is -2.08. The highest BCUT2D eigenvalue weighted by Gasteiger charge is 2.06. The standard InChI is InChI=1S/C17H15ClN2S/c18-15-6-2-1-4-12(15)10-21-11-13-7-8-16(19)14-5-3-9-20-17(13)14/h1-9H,10-11,19H2. The largest absolute Gasteiger partial charge is 0.398 e. The first kappa shape index (κ1) is 14.2. The minimum atomic E-state index is 0.776. The van der Waals surface area contributed by atoms with E-state index >= 15 is 0 Å². The van der Waals surface area contributed by atoms with Gasteiger partial charge >= 0.3 is 0 Å². The molecule has 1 heterocycles. The zero-order valence-electron chi connectivity index (χ0n) is 11.4. The van der Waals surface area contributed by atoms with E-state index in [9.17, 15) is 0 Å². The van der Waals surface area contributed by atoms with Crippen LogP contribution in [-0.2, 0) is 11.5 Å². The first-order valence-electron chi connectivity index (χ1n) is 6.69. The maximum Gasteiger partial charge on any atom is 0.0763 e. The van der Waals surface area contributed by atoms with Crippen LogP contribution in [0.25, 0.3) is 10.9 Å². The number of halogens is 1. The van der Waals surface area contributed by atoms with Crippen LogP contribution < -0.4 is 5.73 Å². The van der Waals surface area contributed by atoms with Crippen LogP contribution in [0.5, 0.6) is 0 Å². The lowest BCUT2D eigenvalue weighted by atomic mass is 10.1. The molecule has 106 valence electrons. The van der Waals surface area contributed by atoms with E-state index in [4.69, 9.17) is 17.3 Å². The van der Waals surface area contributed by atoms with Gasteiger partial charge < -0.3 is 5.73 Å². The topological polar surface area (TPSA) is 38.9 Å². The molecule has 0 radical (unpaired) electrons. The van der Waals surface area contributed by atoms with Gasteiger partial charge in [-0.3, -0.25) is 4.98 Å². The van der Waals surface area contributed by atoms with Gasteiger partial charge in [-0.05, 0) is 35.4 Å². The van der Waals surface area contributed by atoms with Gasteiger partial charge in [0.2, 0.25) is 0 Å². The summed E-state index contributed by atoms with van der Waals surface area (Å²) in [5, 5.41) is 1.85. The first-order valence-corrected chi connectivity index (χ1v) is 8.22. The molecule has 2 aromatic carbocycles. The van der Waals surface area contributed by atoms with Gasteiger partial charge in [0, 0.05) is 33.8 Å². The highest BCUT2D eigenvalue weighted by Crippen LogP contribution is 2.28. The molecule has 0 bridgehead atoms. The van der Waals surface area contributed by atoms with Gasteiger partial charge in [0.25, 0.3) is 0 Å². The van der Waals surface area contributed by atoms with Crippen LogP contribution in [0.1, 0.15) is 11.1 Å². The Kier molecular flexibility index (Phi) is 4.32. The number of nitrogens with two attached hydrogens (primary N) is 1. The third-order valence-electron chi connectivity index (χ3n) is 3.36. The van der Waals surface area contributed by atoms with Gasteiger partial charge in [-0.1, -0.05) is 35.9 Å². The molecule has 0 aliphatic heterocycles. The fourth-order valence-electron chi connectivity index (χ4n) is 2.26. The Bertz CT molecular complexity index is 774. The van der Waals surface area contributed by atoms with Gasteiger partial charge in [0.1, 0.15) is 0 Å². The highest BCUT2D eigenvalue weighted by atomic mass is 35.5. The number of rotatable bonds is 4. The lowest BCUT2D eigenvalue weighted by Crippen LogP contribution is -1.93. The minimum absolute atomic E-state index is 0.776. The second-order valence-electron chi connectivity index (χ2n) is 4.80. The van der Waals surface area contributed by atoms with E-state index in [0.29, 0.717) is 0 Å². The molecule has 0 spiro atoms. The predicted molar refractivity (Wildman–Crippen MR) is 92.6 cm³/mol. The summed E-state index contributed by atoms with van der Waals surface area (Å²) in [5.41, 5.74) is 10.1. The number of nitrogen functional groups attached to an aromatic ring is 1. The zero-order chi connectivity index (χ0) is 14.7. The number of benzene rings is 2. The lowest BCUT2D eigenvalue weighted by molar-refractivity contribution is 1.33. The summed E-state index contributed by atoms with van der Waals surface area (Å²) < 4.78 is 0. The first-order chi connectivity index (χ1) is 10.3. The fraction of sp³-hybridized carbons (Fsp3) is 0.118. The Morgan fingerprint density at radius 3 is 2.62 bits per heavy atom. The smallest absolute Gasteiger partial charge is 0.0763 e. The van der Waals surface area contributed by atoms with Crippen molar-refractivity contribution in [1.82, 2.24) is 4.98 Å². The van der Waals surface area contributed by atoms with E-state index in [1.54, 1.807) is 0 Å². The van der Waals surface area contributed by atoms with Crippen LogP contribution >= 0.6 is 23.4 Å². The van der Waals surface area contributed by atoms with Gasteiger partial charge in [-0.25, -0.2) is 0 Å². The molecule has 0 saturated carbocycles. The van der Waals surface area contributed by atoms with Gasteiger partial charge in [-0.2, -0.15) is 11.8 Å². The van der Waals surface area contributed by atoms with Crippen LogP contribution in [0.15, 0.2) is 54.7 Å². The van der Waals surface area contributed by atoms with Crippen LogP contribution in [0, 0.1) is 0 Å². The number of anilines is 1. The number of aromatic nitrogens is 1. The molecule has 0 aliphatic carbocycles. The number of nitrogens with zero attached hydrogens (tertiary/aromatic N) is 1. The molecule has 0 saturated heterocycles. The zero-order valence-corrected chi connectivity index (χ0v) is 13.0. The van der Waals surface area contributed by atoms with Crippen molar-refractivity contribution in [2.24, 2.45) is 0 Å². The third-order valence-corrected chi connectivity index (χ3v) is 4.76. The molecule has 3 rings (SSSR count). The van der Waals surface area contributed by atoms with Gasteiger partial charge in [-0.15, -0.1) is 0 Å². The second-order valence-corrected chi connectivity index (χ2v) is 6.19. The average molecular weight is 315 g/mol. The summed E-state index contributed by atoms with van der Waals surface area (Å²) >= 11 is 8.01. The summed E-state index contributed by atoms with van der Waals surface area (Å²) in [4.78, 5) is 4.47. The molecule has 3 aromatic rings. The number of hydrogen-bond acceptors (Lipinski definition) is 3. The summed E-state index contributed by atoms with van der Waals surface area (Å²) in [6, 6.07) is 15.9. The van der Waals surface area contributed by atoms with Crippen molar-refractivity contribution in [2.75, 3.05) is 5.73 Å². The minimum Gasteiger partial charge on any atom is -0.398 e. The Balaban J connectivity index is 1.77. The second kappa shape index (κ2) is 6.37. The van der Waals surface area contributed by atoms with Crippen molar-refractivity contribution in [3.8, 4) is 0 Å². The van der Waals surface area contributed by atoms with E-state index in [1.807, 2.05) is 54.4 Å². The third kappa shape index (κ3) is 3.14. The van der Waals surface area contributed by atoms with E-state index in [1.165, 1.54) is 5.56 Å². The average Bonchev–Trinajstić information content (AvgIpc) is 2.52. The highest BCUT2D eigenvalue weighted by molar-refractivity contribution is 7.97. The Morgan fingerprint density at radius 2 is 1.76 bits per heavy atom. The van der Waals surface area contributed by atoms with Gasteiger partial charge in [0.05, 0.1) is 5.52 Å². The van der Waals surface area contributed by atoms with Crippen LogP contribution in [0.2, 0.25) is 5.02 Å². The van der Waals surface area contributed by atoms with E-state index in [2.05, 4.69) is 17.1 Å². The Hall–Kier alpha value is -1.71. The van der Waals surface area contributed by atoms with Crippen molar-refractivity contribution >= 4 is 40.0 Å². The summed E-state index contributed by atoms with van der Waals surface area (Å²) in [7, 11) is 0. The molecular formula is C17H15ClN2S. The fourth-order valence-corrected chi connectivity index (χ4v) is 3.56. The number of hydrogen-bond donors (Lipinski definition) is 1. The van der Waals surface area contributed by atoms with Gasteiger partial charge in [0.15, 0.2) is 0 Å². The maximum absolute atomic E-state index is 6.18. The van der Waals surface area contributed by atoms with Crippen molar-refractivity contribution in [3.63, 3.8) is 0 Å². The maximum atomic E-state index is 6.18. The van der Waals surface area contributed by atoms with Crippen LogP contribution in [-0.4, -0.2) is 4.98 Å². The molecule has 2 nitrogen and oxygen atoms in total. The van der Waals surface area contributed by atoms with Crippen molar-refractivity contribution in [3.05, 3.63) is 70.9 Å². The monoisotopic (exact) mass is 314 g/mol.